The molecule has 2 heterocycles. The first-order valence-corrected chi connectivity index (χ1v) is 8.17. The first-order chi connectivity index (χ1) is 9.35. The van der Waals surface area contributed by atoms with Crippen LogP contribution in [0, 0.1) is 0 Å². The molecule has 0 spiro atoms. The fourth-order valence-electron chi connectivity index (χ4n) is 2.20. The summed E-state index contributed by atoms with van der Waals surface area (Å²) in [6.45, 7) is 7.57. The Hall–Kier alpha value is -0.160. The van der Waals surface area contributed by atoms with Crippen LogP contribution < -0.4 is 5.32 Å². The van der Waals surface area contributed by atoms with E-state index in [1.807, 2.05) is 7.05 Å². The maximum absolute atomic E-state index is 3.11. The molecule has 4 heteroatoms. The zero-order valence-corrected chi connectivity index (χ0v) is 14.9. The van der Waals surface area contributed by atoms with Crippen molar-refractivity contribution < 1.29 is 4.48 Å². The van der Waals surface area contributed by atoms with Crippen molar-refractivity contribution in [2.45, 2.75) is 40.5 Å². The third-order valence-corrected chi connectivity index (χ3v) is 3.69. The summed E-state index contributed by atoms with van der Waals surface area (Å²) in [4.78, 5) is 4.72. The van der Waals surface area contributed by atoms with E-state index in [-0.39, 0.29) is 14.9 Å². The van der Waals surface area contributed by atoms with Crippen molar-refractivity contribution in [1.29, 1.82) is 0 Å². The van der Waals surface area contributed by atoms with Crippen LogP contribution in [0.5, 0.6) is 0 Å². The van der Waals surface area contributed by atoms with Crippen LogP contribution in [0.2, 0.25) is 0 Å². The van der Waals surface area contributed by atoms with Gasteiger partial charge in [-0.15, -0.1) is 0 Å². The lowest BCUT2D eigenvalue weighted by molar-refractivity contribution is -0.869. The van der Waals surface area contributed by atoms with Crippen molar-refractivity contribution in [3.63, 3.8) is 0 Å². The average molecular weight is 320 g/mol. The summed E-state index contributed by atoms with van der Waals surface area (Å²) in [5.74, 6) is 0. The van der Waals surface area contributed by atoms with Crippen LogP contribution in [0.1, 0.15) is 40.5 Å². The Morgan fingerprint density at radius 2 is 1.09 bits per heavy atom. The van der Waals surface area contributed by atoms with Gasteiger partial charge < -0.3 is 19.6 Å². The summed E-state index contributed by atoms with van der Waals surface area (Å²) < 4.78 is 1.04. The summed E-state index contributed by atoms with van der Waals surface area (Å²) in [5.41, 5.74) is 0. The maximum Gasteiger partial charge on any atom is 0.0907 e. The van der Waals surface area contributed by atoms with Crippen LogP contribution in [0.25, 0.3) is 0 Å². The predicted molar refractivity (Wildman–Crippen MR) is 104 cm³/mol. The van der Waals surface area contributed by atoms with E-state index in [0.717, 1.165) is 11.0 Å². The van der Waals surface area contributed by atoms with Gasteiger partial charge in [0.2, 0.25) is 0 Å². The highest BCUT2D eigenvalue weighted by Crippen LogP contribution is 2.02. The minimum Gasteiger partial charge on any atom is -0.330 e. The minimum atomic E-state index is 0. The Morgan fingerprint density at radius 3 is 1.18 bits per heavy atom. The molecule has 138 valence electrons. The molecule has 0 unspecified atom stereocenters. The van der Waals surface area contributed by atoms with Crippen molar-refractivity contribution in [3.05, 3.63) is 0 Å². The van der Waals surface area contributed by atoms with Gasteiger partial charge in [-0.2, -0.15) is 0 Å². The molecule has 0 aromatic carbocycles. The molecule has 2 rings (SSSR count). The number of likely N-dealkylation sites (tertiary alicyclic amines) is 2. The number of nitrogens with one attached hydrogen (secondary N) is 1. The molecule has 2 aliphatic heterocycles. The smallest absolute Gasteiger partial charge is 0.0907 e. The standard InChI is InChI=1S/C6H17N2.2C5H11N.2CH4/c1-7-5-6-8(2,3)4;2*1-6-4-2-3-5-6;;/h7H,5-6H2,1-4H3;2*2-5H2,1H3;2*1H4/q+1;;;;. The number of hydrogen-bond acceptors (Lipinski definition) is 3. The molecule has 2 aliphatic rings. The van der Waals surface area contributed by atoms with E-state index in [0.29, 0.717) is 0 Å². The lowest BCUT2D eigenvalue weighted by Gasteiger charge is -2.23. The van der Waals surface area contributed by atoms with E-state index in [1.54, 1.807) is 0 Å². The van der Waals surface area contributed by atoms with E-state index in [1.165, 1.54) is 58.4 Å². The Balaban J connectivity index is -0.000000237. The van der Waals surface area contributed by atoms with Gasteiger partial charge in [-0.3, -0.25) is 0 Å². The van der Waals surface area contributed by atoms with E-state index in [9.17, 15) is 0 Å². The molecule has 0 aromatic rings. The minimum absolute atomic E-state index is 0. The molecule has 22 heavy (non-hydrogen) atoms. The van der Waals surface area contributed by atoms with Crippen LogP contribution in [0.3, 0.4) is 0 Å². The monoisotopic (exact) mass is 319 g/mol. The zero-order chi connectivity index (χ0) is 15.4. The topological polar surface area (TPSA) is 18.5 Å². The second-order valence-corrected chi connectivity index (χ2v) is 7.14. The van der Waals surface area contributed by atoms with Crippen molar-refractivity contribution in [3.8, 4) is 0 Å². The fraction of sp³-hybridized carbons (Fsp3) is 1.00. The molecular formula is C18H47N4+. The second-order valence-electron chi connectivity index (χ2n) is 7.14. The maximum atomic E-state index is 3.11. The lowest BCUT2D eigenvalue weighted by atomic mass is 10.4. The molecule has 2 saturated heterocycles. The van der Waals surface area contributed by atoms with Crippen LogP contribution >= 0.6 is 0 Å². The van der Waals surface area contributed by atoms with Gasteiger partial charge in [0, 0.05) is 6.54 Å². The van der Waals surface area contributed by atoms with Gasteiger partial charge in [0.15, 0.2) is 0 Å². The molecule has 1 N–H and O–H groups in total. The molecule has 0 radical (unpaired) electrons. The molecule has 0 bridgehead atoms. The van der Waals surface area contributed by atoms with Crippen molar-refractivity contribution >= 4 is 0 Å². The summed E-state index contributed by atoms with van der Waals surface area (Å²) >= 11 is 0. The van der Waals surface area contributed by atoms with E-state index in [2.05, 4.69) is 50.4 Å². The van der Waals surface area contributed by atoms with Crippen LogP contribution in [-0.2, 0) is 0 Å². The summed E-state index contributed by atoms with van der Waals surface area (Å²) in [5, 5.41) is 3.11. The lowest BCUT2D eigenvalue weighted by Crippen LogP contribution is -2.39. The number of likely N-dealkylation sites (N-methyl/N-ethyl adjacent to an activating group) is 2. The molecular weight excluding hydrogens is 272 g/mol. The van der Waals surface area contributed by atoms with Gasteiger partial charge in [-0.05, 0) is 73.0 Å². The highest BCUT2D eigenvalue weighted by Gasteiger charge is 2.04. The van der Waals surface area contributed by atoms with Crippen molar-refractivity contribution in [2.24, 2.45) is 0 Å². The van der Waals surface area contributed by atoms with Gasteiger partial charge in [0.25, 0.3) is 0 Å². The van der Waals surface area contributed by atoms with Gasteiger partial charge in [-0.25, -0.2) is 0 Å². The largest absolute Gasteiger partial charge is 0.330 e. The second kappa shape index (κ2) is 15.7. The van der Waals surface area contributed by atoms with E-state index in [4.69, 9.17) is 0 Å². The number of hydrogen-bond donors (Lipinski definition) is 1. The van der Waals surface area contributed by atoms with Crippen molar-refractivity contribution in [1.82, 2.24) is 15.1 Å². The van der Waals surface area contributed by atoms with Crippen molar-refractivity contribution in [2.75, 3.05) is 81.6 Å². The number of quaternary nitrogens is 1. The van der Waals surface area contributed by atoms with E-state index >= 15 is 0 Å². The predicted octanol–water partition coefficient (Wildman–Crippen LogP) is 2.61. The molecule has 0 atom stereocenters. The highest BCUT2D eigenvalue weighted by molar-refractivity contribution is 4.59. The van der Waals surface area contributed by atoms with Gasteiger partial charge in [0.05, 0.1) is 27.7 Å². The summed E-state index contributed by atoms with van der Waals surface area (Å²) in [6.07, 6.45) is 5.65. The summed E-state index contributed by atoms with van der Waals surface area (Å²) in [7, 11) is 12.9. The zero-order valence-electron chi connectivity index (χ0n) is 14.9. The Morgan fingerprint density at radius 1 is 0.773 bits per heavy atom. The van der Waals surface area contributed by atoms with Gasteiger partial charge in [0.1, 0.15) is 0 Å². The first-order valence-electron chi connectivity index (χ1n) is 8.17. The molecule has 2 fully saturated rings. The molecule has 0 saturated carbocycles. The Kier molecular flexibility index (Phi) is 19.1. The third-order valence-electron chi connectivity index (χ3n) is 3.69. The molecule has 4 nitrogen and oxygen atoms in total. The fourth-order valence-corrected chi connectivity index (χ4v) is 2.20. The molecule has 0 aromatic heterocycles. The normalized spacial score (nSPS) is 18.3. The molecule has 0 aliphatic carbocycles. The quantitative estimate of drug-likeness (QED) is 0.807. The van der Waals surface area contributed by atoms with Crippen LogP contribution in [0.15, 0.2) is 0 Å². The van der Waals surface area contributed by atoms with Gasteiger partial charge in [-0.1, -0.05) is 14.9 Å². The number of nitrogens with zero attached hydrogens (tertiary/aromatic N) is 3. The Bertz CT molecular complexity index is 188. The Labute approximate surface area is 142 Å². The average Bonchev–Trinajstić information content (AvgIpc) is 3.01. The van der Waals surface area contributed by atoms with Crippen LogP contribution in [-0.4, -0.2) is 95.8 Å². The SMILES string of the molecule is C.C.CN1CCCC1.CN1CCCC1.CNCC[N+](C)(C)C. The van der Waals surface area contributed by atoms with Gasteiger partial charge >= 0.3 is 0 Å². The molecule has 0 amide bonds. The number of rotatable bonds is 3. The van der Waals surface area contributed by atoms with E-state index < -0.39 is 0 Å². The first kappa shape index (κ1) is 26.7. The highest BCUT2D eigenvalue weighted by atomic mass is 15.3. The van der Waals surface area contributed by atoms with Crippen LogP contribution in [0.4, 0.5) is 0 Å². The summed E-state index contributed by atoms with van der Waals surface area (Å²) in [6, 6.07) is 0. The third kappa shape index (κ3) is 19.8.